The third-order valence-corrected chi connectivity index (χ3v) is 3.70. The second-order valence-corrected chi connectivity index (χ2v) is 5.50. The number of methoxy groups -OCH3 is 1. The van der Waals surface area contributed by atoms with Gasteiger partial charge in [-0.05, 0) is 29.9 Å². The van der Waals surface area contributed by atoms with Crippen LogP contribution in [0.2, 0.25) is 5.02 Å². The van der Waals surface area contributed by atoms with Gasteiger partial charge in [-0.25, -0.2) is 4.39 Å². The lowest BCUT2D eigenvalue weighted by molar-refractivity contribution is -0.138. The molecule has 1 aromatic carbocycles. The Balaban J connectivity index is 2.54. The molecule has 1 aromatic heterocycles. The molecule has 0 aliphatic heterocycles. The average Bonchev–Trinajstić information content (AvgIpc) is 2.49. The molecular formula is C14H9ClF4N2O2S. The fourth-order valence-electron chi connectivity index (χ4n) is 1.85. The SMILES string of the molecule is COC(=S)Cc1cc(-n2ncc(C(F)(F)F)cc2=O)c(F)cc1Cl. The Bertz CT molecular complexity index is 852. The summed E-state index contributed by atoms with van der Waals surface area (Å²) in [4.78, 5) is 11.9. The number of halogens is 5. The fourth-order valence-corrected chi connectivity index (χ4v) is 2.22. The van der Waals surface area contributed by atoms with Gasteiger partial charge in [0.2, 0.25) is 0 Å². The highest BCUT2D eigenvalue weighted by atomic mass is 35.5. The molecule has 0 bridgehead atoms. The van der Waals surface area contributed by atoms with Crippen molar-refractivity contribution in [3.8, 4) is 5.69 Å². The molecule has 0 saturated heterocycles. The zero-order valence-corrected chi connectivity index (χ0v) is 13.6. The van der Waals surface area contributed by atoms with Crippen LogP contribution in [0.4, 0.5) is 17.6 Å². The summed E-state index contributed by atoms with van der Waals surface area (Å²) in [6, 6.07) is 2.45. The highest BCUT2D eigenvalue weighted by Crippen LogP contribution is 2.28. The van der Waals surface area contributed by atoms with E-state index in [1.807, 2.05) is 0 Å². The summed E-state index contributed by atoms with van der Waals surface area (Å²) in [7, 11) is 1.35. The molecule has 0 amide bonds. The first-order valence-corrected chi connectivity index (χ1v) is 7.13. The predicted octanol–water partition coefficient (Wildman–Crippen LogP) is 3.56. The van der Waals surface area contributed by atoms with Crippen LogP contribution in [0.25, 0.3) is 5.69 Å². The van der Waals surface area contributed by atoms with Gasteiger partial charge < -0.3 is 4.74 Å². The minimum Gasteiger partial charge on any atom is -0.490 e. The van der Waals surface area contributed by atoms with E-state index in [0.29, 0.717) is 22.5 Å². The van der Waals surface area contributed by atoms with Gasteiger partial charge in [0.1, 0.15) is 5.69 Å². The van der Waals surface area contributed by atoms with E-state index in [2.05, 4.69) is 5.10 Å². The number of hydrogen-bond donors (Lipinski definition) is 0. The maximum Gasteiger partial charge on any atom is 0.418 e. The lowest BCUT2D eigenvalue weighted by Crippen LogP contribution is -2.24. The van der Waals surface area contributed by atoms with Gasteiger partial charge in [-0.15, -0.1) is 0 Å². The summed E-state index contributed by atoms with van der Waals surface area (Å²) < 4.78 is 57.1. The zero-order valence-electron chi connectivity index (χ0n) is 12.0. The molecule has 24 heavy (non-hydrogen) atoms. The van der Waals surface area contributed by atoms with Crippen molar-refractivity contribution in [1.29, 1.82) is 0 Å². The van der Waals surface area contributed by atoms with E-state index in [4.69, 9.17) is 28.6 Å². The van der Waals surface area contributed by atoms with Gasteiger partial charge in [-0.3, -0.25) is 4.79 Å². The topological polar surface area (TPSA) is 44.1 Å². The molecule has 0 unspecified atom stereocenters. The number of rotatable bonds is 3. The van der Waals surface area contributed by atoms with Crippen molar-refractivity contribution in [3.05, 3.63) is 56.7 Å². The zero-order chi connectivity index (χ0) is 18.1. The fraction of sp³-hybridized carbons (Fsp3) is 0.214. The predicted molar refractivity (Wildman–Crippen MR) is 83.1 cm³/mol. The Morgan fingerprint density at radius 3 is 2.58 bits per heavy atom. The van der Waals surface area contributed by atoms with Crippen LogP contribution in [0.1, 0.15) is 11.1 Å². The molecule has 0 aliphatic rings. The second-order valence-electron chi connectivity index (χ2n) is 4.64. The van der Waals surface area contributed by atoms with Gasteiger partial charge in [0.05, 0.1) is 18.9 Å². The molecule has 128 valence electrons. The van der Waals surface area contributed by atoms with Gasteiger partial charge in [0.25, 0.3) is 5.56 Å². The van der Waals surface area contributed by atoms with Crippen LogP contribution in [0.3, 0.4) is 0 Å². The summed E-state index contributed by atoms with van der Waals surface area (Å²) >= 11 is 10.8. The first-order valence-electron chi connectivity index (χ1n) is 6.35. The van der Waals surface area contributed by atoms with Crippen LogP contribution in [0.15, 0.2) is 29.2 Å². The molecule has 0 aliphatic carbocycles. The van der Waals surface area contributed by atoms with E-state index >= 15 is 0 Å². The molecule has 0 atom stereocenters. The lowest BCUT2D eigenvalue weighted by Gasteiger charge is -2.12. The maximum absolute atomic E-state index is 14.1. The van der Waals surface area contributed by atoms with Gasteiger partial charge in [0, 0.05) is 17.5 Å². The van der Waals surface area contributed by atoms with Crippen molar-refractivity contribution in [2.24, 2.45) is 0 Å². The van der Waals surface area contributed by atoms with E-state index in [1.165, 1.54) is 13.2 Å². The van der Waals surface area contributed by atoms with Crippen LogP contribution < -0.4 is 5.56 Å². The van der Waals surface area contributed by atoms with Crippen LogP contribution >= 0.6 is 23.8 Å². The Hall–Kier alpha value is -2.00. The Labute approximate surface area is 143 Å². The van der Waals surface area contributed by atoms with E-state index < -0.39 is 23.1 Å². The molecule has 0 saturated carbocycles. The maximum atomic E-state index is 14.1. The number of nitrogens with zero attached hydrogens (tertiary/aromatic N) is 2. The van der Waals surface area contributed by atoms with Gasteiger partial charge in [0.15, 0.2) is 10.9 Å². The summed E-state index contributed by atoms with van der Waals surface area (Å²) in [6.45, 7) is 0. The molecule has 1 heterocycles. The molecule has 2 aromatic rings. The van der Waals surface area contributed by atoms with E-state index in [1.54, 1.807) is 0 Å². The molecule has 4 nitrogen and oxygen atoms in total. The van der Waals surface area contributed by atoms with Gasteiger partial charge in [-0.2, -0.15) is 23.0 Å². The van der Waals surface area contributed by atoms with Crippen LogP contribution in [0.5, 0.6) is 0 Å². The van der Waals surface area contributed by atoms with Crippen molar-refractivity contribution in [2.75, 3.05) is 7.11 Å². The Kier molecular flexibility index (Phi) is 5.24. The highest BCUT2D eigenvalue weighted by Gasteiger charge is 2.32. The minimum absolute atomic E-state index is 0.0376. The number of benzene rings is 1. The van der Waals surface area contributed by atoms with Crippen molar-refractivity contribution < 1.29 is 22.3 Å². The number of thiocarbonyl (C=S) groups is 1. The summed E-state index contributed by atoms with van der Waals surface area (Å²) in [5, 5.41) is 3.59. The standard InChI is InChI=1S/C14H9ClF4N2O2S/c1-23-13(24)3-7-2-11(10(16)5-9(7)15)21-12(22)4-8(6-20-21)14(17,18)19/h2,4-6H,3H2,1H3. The summed E-state index contributed by atoms with van der Waals surface area (Å²) in [5.74, 6) is -0.915. The lowest BCUT2D eigenvalue weighted by atomic mass is 10.1. The first kappa shape index (κ1) is 18.3. The van der Waals surface area contributed by atoms with E-state index in [-0.39, 0.29) is 22.2 Å². The van der Waals surface area contributed by atoms with Crippen molar-refractivity contribution in [3.63, 3.8) is 0 Å². The number of ether oxygens (including phenoxy) is 1. The van der Waals surface area contributed by atoms with Gasteiger partial charge in [-0.1, -0.05) is 11.6 Å². The molecule has 0 spiro atoms. The molecule has 0 radical (unpaired) electrons. The summed E-state index contributed by atoms with van der Waals surface area (Å²) in [5.41, 5.74) is -2.36. The van der Waals surface area contributed by atoms with Crippen molar-refractivity contribution in [1.82, 2.24) is 9.78 Å². The normalized spacial score (nSPS) is 11.4. The molecule has 2 rings (SSSR count). The van der Waals surface area contributed by atoms with Gasteiger partial charge >= 0.3 is 6.18 Å². The van der Waals surface area contributed by atoms with E-state index in [9.17, 15) is 22.4 Å². The van der Waals surface area contributed by atoms with E-state index in [0.717, 1.165) is 6.07 Å². The highest BCUT2D eigenvalue weighted by molar-refractivity contribution is 7.80. The first-order chi connectivity index (χ1) is 11.1. The Morgan fingerprint density at radius 1 is 1.38 bits per heavy atom. The third-order valence-electron chi connectivity index (χ3n) is 3.03. The third kappa shape index (κ3) is 3.90. The number of alkyl halides is 3. The molecular weight excluding hydrogens is 372 g/mol. The van der Waals surface area contributed by atoms with Crippen LogP contribution in [-0.4, -0.2) is 21.9 Å². The quantitative estimate of drug-likeness (QED) is 0.603. The number of aromatic nitrogens is 2. The Morgan fingerprint density at radius 2 is 2.04 bits per heavy atom. The molecule has 0 N–H and O–H groups in total. The average molecular weight is 381 g/mol. The molecule has 10 heteroatoms. The molecule has 0 fully saturated rings. The van der Waals surface area contributed by atoms with Crippen molar-refractivity contribution >= 4 is 28.9 Å². The minimum atomic E-state index is -4.72. The second kappa shape index (κ2) is 6.86. The summed E-state index contributed by atoms with van der Waals surface area (Å²) in [6.07, 6.45) is -4.22. The largest absolute Gasteiger partial charge is 0.490 e. The van der Waals surface area contributed by atoms with Crippen LogP contribution in [-0.2, 0) is 17.3 Å². The smallest absolute Gasteiger partial charge is 0.418 e. The van der Waals surface area contributed by atoms with Crippen molar-refractivity contribution in [2.45, 2.75) is 12.6 Å². The van der Waals surface area contributed by atoms with Crippen LogP contribution in [0, 0.1) is 5.82 Å². The monoisotopic (exact) mass is 380 g/mol. The number of hydrogen-bond acceptors (Lipinski definition) is 4.